The van der Waals surface area contributed by atoms with Crippen molar-refractivity contribution in [3.05, 3.63) is 0 Å². The van der Waals surface area contributed by atoms with Gasteiger partial charge in [0.2, 0.25) is 10.4 Å². The molecular weight excluding hydrogens is 538 g/mol. The van der Waals surface area contributed by atoms with Crippen LogP contribution >= 0.6 is 0 Å². The van der Waals surface area contributed by atoms with Crippen LogP contribution in [0.3, 0.4) is 0 Å². The molecule has 0 radical (unpaired) electrons. The van der Waals surface area contributed by atoms with E-state index in [4.69, 9.17) is 0 Å². The van der Waals surface area contributed by atoms with Crippen LogP contribution in [0.1, 0.15) is 0 Å². The molecule has 182 valence electrons. The van der Waals surface area contributed by atoms with E-state index in [1.54, 1.807) is 0 Å². The number of alkyl halides is 17. The second kappa shape index (κ2) is 8.17. The first-order valence-electron chi connectivity index (χ1n) is 5.83. The molecule has 0 saturated heterocycles. The molecule has 0 atom stereocenters. The standard InChI is InChI=1S/C8HF17O4S.Na/c9-1(10,3(13,14)5(17,18)7(21,22)23)2(11,12)4(15,16)6(19,20)8(24,25)29-30(26,27)28;/h(H,26,27,28);/q;+1/p-1. The Balaban J connectivity index is 0. The van der Waals surface area contributed by atoms with Crippen LogP contribution in [-0.4, -0.2) is 60.8 Å². The Kier molecular flexibility index (Phi) is 8.65. The predicted octanol–water partition coefficient (Wildman–Crippen LogP) is 1.43. The Morgan fingerprint density at radius 1 is 0.484 bits per heavy atom. The molecule has 0 unspecified atom stereocenters. The van der Waals surface area contributed by atoms with Crippen LogP contribution in [0.15, 0.2) is 0 Å². The van der Waals surface area contributed by atoms with Crippen molar-refractivity contribution in [2.75, 3.05) is 0 Å². The van der Waals surface area contributed by atoms with Gasteiger partial charge in [0.25, 0.3) is 0 Å². The van der Waals surface area contributed by atoms with Crippen LogP contribution < -0.4 is 29.6 Å². The van der Waals surface area contributed by atoms with Crippen molar-refractivity contribution < 1.29 is 121 Å². The van der Waals surface area contributed by atoms with Crippen LogP contribution in [-0.2, 0) is 14.6 Å². The van der Waals surface area contributed by atoms with Crippen molar-refractivity contribution in [3.63, 3.8) is 0 Å². The van der Waals surface area contributed by atoms with E-state index in [9.17, 15) is 87.6 Å². The van der Waals surface area contributed by atoms with E-state index in [0.29, 0.717) is 0 Å². The van der Waals surface area contributed by atoms with Crippen LogP contribution in [0.5, 0.6) is 0 Å². The predicted molar refractivity (Wildman–Crippen MR) is 51.5 cm³/mol. The molecule has 0 N–H and O–H groups in total. The Morgan fingerprint density at radius 3 is 0.935 bits per heavy atom. The molecule has 0 aliphatic heterocycles. The SMILES string of the molecule is O=S(=O)([O-])OC(F)(F)C(F)(F)C(F)(F)C(F)(F)C(F)(F)C(F)(F)C(F)(F)C(F)(F)F.[Na+]. The van der Waals surface area contributed by atoms with Crippen LogP contribution in [0.2, 0.25) is 0 Å². The topological polar surface area (TPSA) is 66.4 Å². The fourth-order valence-corrected chi connectivity index (χ4v) is 1.69. The fraction of sp³-hybridized carbons (Fsp3) is 1.00. The second-order valence-corrected chi connectivity index (χ2v) is 5.94. The number of halogens is 17. The van der Waals surface area contributed by atoms with Crippen molar-refractivity contribution >= 4 is 10.4 Å². The van der Waals surface area contributed by atoms with Gasteiger partial charge in [0.05, 0.1) is 0 Å². The molecule has 0 bridgehead atoms. The summed E-state index contributed by atoms with van der Waals surface area (Å²) in [5, 5.41) is 0. The molecule has 0 aromatic rings. The minimum absolute atomic E-state index is 0. The van der Waals surface area contributed by atoms with Gasteiger partial charge in [-0.1, -0.05) is 0 Å². The number of rotatable bonds is 8. The largest absolute Gasteiger partial charge is 1.00 e. The van der Waals surface area contributed by atoms with Crippen LogP contribution in [0.25, 0.3) is 0 Å². The van der Waals surface area contributed by atoms with Crippen molar-refractivity contribution in [3.8, 4) is 0 Å². The maximum Gasteiger partial charge on any atom is 1.00 e. The maximum atomic E-state index is 13.1. The Bertz CT molecular complexity index is 757. The van der Waals surface area contributed by atoms with Crippen molar-refractivity contribution in [2.24, 2.45) is 0 Å². The summed E-state index contributed by atoms with van der Waals surface area (Å²) in [4.78, 5) is 0. The van der Waals surface area contributed by atoms with E-state index >= 15 is 0 Å². The molecule has 0 saturated carbocycles. The Morgan fingerprint density at radius 2 is 0.710 bits per heavy atom. The Hall–Kier alpha value is -0.320. The van der Waals surface area contributed by atoms with Crippen molar-refractivity contribution in [1.29, 1.82) is 0 Å². The minimum atomic E-state index is -8.89. The average molecular weight is 538 g/mol. The third kappa shape index (κ3) is 4.82. The normalized spacial score (nSPS) is 16.2. The molecule has 0 heterocycles. The van der Waals surface area contributed by atoms with Gasteiger partial charge in [-0.15, -0.1) is 0 Å². The molecule has 0 aromatic heterocycles. The van der Waals surface area contributed by atoms with Gasteiger partial charge in [-0.25, -0.2) is 12.6 Å². The van der Waals surface area contributed by atoms with E-state index < -0.39 is 58.2 Å². The summed E-state index contributed by atoms with van der Waals surface area (Å²) in [6.07, 6.45) is -15.6. The molecule has 0 aromatic carbocycles. The molecule has 0 rings (SSSR count). The summed E-state index contributed by atoms with van der Waals surface area (Å²) in [5.74, 6) is -51.9. The summed E-state index contributed by atoms with van der Waals surface area (Å²) in [5.41, 5.74) is 0. The summed E-state index contributed by atoms with van der Waals surface area (Å²) < 4.78 is 246. The molecule has 4 nitrogen and oxygen atoms in total. The summed E-state index contributed by atoms with van der Waals surface area (Å²) in [6, 6.07) is 0. The van der Waals surface area contributed by atoms with Crippen molar-refractivity contribution in [1.82, 2.24) is 0 Å². The smallest absolute Gasteiger partial charge is 0.725 e. The first-order valence-corrected chi connectivity index (χ1v) is 7.17. The monoisotopic (exact) mass is 538 g/mol. The Labute approximate surface area is 179 Å². The zero-order chi connectivity index (χ0) is 25.2. The molecule has 0 aliphatic rings. The zero-order valence-corrected chi connectivity index (χ0v) is 16.3. The molecule has 0 aliphatic carbocycles. The number of hydrogen-bond acceptors (Lipinski definition) is 4. The maximum absolute atomic E-state index is 13.1. The zero-order valence-electron chi connectivity index (χ0n) is 13.5. The van der Waals surface area contributed by atoms with Gasteiger partial charge in [0, 0.05) is 0 Å². The van der Waals surface area contributed by atoms with Gasteiger partial charge < -0.3 is 4.55 Å². The van der Waals surface area contributed by atoms with Crippen molar-refractivity contribution in [2.45, 2.75) is 47.8 Å². The molecule has 0 amide bonds. The van der Waals surface area contributed by atoms with E-state index in [1.807, 2.05) is 0 Å². The molecular formula is C8F17NaO4S. The van der Waals surface area contributed by atoms with E-state index in [0.717, 1.165) is 0 Å². The van der Waals surface area contributed by atoms with Gasteiger partial charge in [-0.2, -0.15) is 74.6 Å². The van der Waals surface area contributed by atoms with E-state index in [2.05, 4.69) is 0 Å². The fourth-order valence-electron chi connectivity index (χ4n) is 1.33. The molecule has 0 spiro atoms. The summed E-state index contributed by atoms with van der Waals surface area (Å²) in [7, 11) is -7.24. The third-order valence-electron chi connectivity index (χ3n) is 2.90. The molecule has 23 heteroatoms. The second-order valence-electron chi connectivity index (χ2n) is 4.95. The summed E-state index contributed by atoms with van der Waals surface area (Å²) >= 11 is 0. The van der Waals surface area contributed by atoms with Gasteiger partial charge in [-0.05, 0) is 0 Å². The van der Waals surface area contributed by atoms with Gasteiger partial charge in [0.15, 0.2) is 0 Å². The third-order valence-corrected chi connectivity index (χ3v) is 3.31. The van der Waals surface area contributed by atoms with Gasteiger partial charge in [0.1, 0.15) is 0 Å². The quantitative estimate of drug-likeness (QED) is 0.203. The average Bonchev–Trinajstić information content (AvgIpc) is 2.41. The molecule has 0 fully saturated rings. The first-order chi connectivity index (χ1) is 12.5. The van der Waals surface area contributed by atoms with Gasteiger partial charge >= 0.3 is 77.4 Å². The van der Waals surface area contributed by atoms with E-state index in [-0.39, 0.29) is 29.6 Å². The minimum Gasteiger partial charge on any atom is -0.725 e. The van der Waals surface area contributed by atoms with Crippen LogP contribution in [0, 0.1) is 0 Å². The van der Waals surface area contributed by atoms with Gasteiger partial charge in [-0.3, -0.25) is 0 Å². The first kappa shape index (κ1) is 32.9. The molecule has 31 heavy (non-hydrogen) atoms. The van der Waals surface area contributed by atoms with E-state index in [1.165, 1.54) is 4.18 Å². The van der Waals surface area contributed by atoms with Crippen LogP contribution in [0.4, 0.5) is 74.6 Å². The summed E-state index contributed by atoms with van der Waals surface area (Å²) in [6.45, 7) is 0. The number of hydrogen-bond donors (Lipinski definition) is 0.